The molecule has 0 spiro atoms. The molecule has 10 heteroatoms. The normalized spacial score (nSPS) is 21.0. The molecule has 2 fully saturated rings. The Labute approximate surface area is 180 Å². The third-order valence-corrected chi connectivity index (χ3v) is 5.65. The third kappa shape index (κ3) is 4.90. The van der Waals surface area contributed by atoms with Gasteiger partial charge in [0.15, 0.2) is 5.65 Å². The van der Waals surface area contributed by atoms with E-state index >= 15 is 0 Å². The maximum Gasteiger partial charge on any atom is 0.410 e. The van der Waals surface area contributed by atoms with Crippen LogP contribution in [0.2, 0.25) is 0 Å². The molecular weight excluding hydrogens is 400 g/mol. The number of likely N-dealkylation sites (tertiary alicyclic amines) is 1. The lowest BCUT2D eigenvalue weighted by Gasteiger charge is -2.43. The smallest absolute Gasteiger partial charge is 0.410 e. The number of amides is 2. The molecule has 1 atom stereocenters. The molecule has 4 heterocycles. The van der Waals surface area contributed by atoms with Crippen LogP contribution in [0.4, 0.5) is 4.79 Å². The Hall–Kier alpha value is -2.88. The van der Waals surface area contributed by atoms with E-state index in [1.54, 1.807) is 18.3 Å². The molecule has 31 heavy (non-hydrogen) atoms. The van der Waals surface area contributed by atoms with E-state index in [4.69, 9.17) is 4.74 Å². The van der Waals surface area contributed by atoms with Crippen LogP contribution in [0.3, 0.4) is 0 Å². The second-order valence-electron chi connectivity index (χ2n) is 9.26. The van der Waals surface area contributed by atoms with E-state index < -0.39 is 11.7 Å². The van der Waals surface area contributed by atoms with Crippen LogP contribution < -0.4 is 5.56 Å². The molecule has 2 aliphatic heterocycles. The lowest BCUT2D eigenvalue weighted by atomic mass is 10.0. The van der Waals surface area contributed by atoms with Crippen LogP contribution in [0.25, 0.3) is 5.65 Å². The number of fused-ring (bicyclic) bond motifs is 1. The van der Waals surface area contributed by atoms with Gasteiger partial charge in [0.2, 0.25) is 5.91 Å². The molecule has 0 saturated carbocycles. The van der Waals surface area contributed by atoms with Crippen molar-refractivity contribution >= 4 is 17.6 Å². The first-order valence-corrected chi connectivity index (χ1v) is 10.8. The van der Waals surface area contributed by atoms with E-state index in [1.165, 1.54) is 9.42 Å². The summed E-state index contributed by atoms with van der Waals surface area (Å²) in [6.07, 6.45) is 3.15. The molecule has 1 unspecified atom stereocenters. The van der Waals surface area contributed by atoms with Gasteiger partial charge in [0.05, 0.1) is 5.69 Å². The first kappa shape index (κ1) is 21.4. The fourth-order valence-corrected chi connectivity index (χ4v) is 4.27. The molecule has 168 valence electrons. The quantitative estimate of drug-likeness (QED) is 0.781. The summed E-state index contributed by atoms with van der Waals surface area (Å²) in [7, 11) is 0. The van der Waals surface area contributed by atoms with Crippen molar-refractivity contribution < 1.29 is 14.3 Å². The monoisotopic (exact) mass is 430 g/mol. The molecule has 1 N–H and O–H groups in total. The highest BCUT2D eigenvalue weighted by Gasteiger charge is 2.35. The minimum absolute atomic E-state index is 0.0472. The zero-order valence-electron chi connectivity index (χ0n) is 18.3. The van der Waals surface area contributed by atoms with E-state index in [9.17, 15) is 14.4 Å². The van der Waals surface area contributed by atoms with Gasteiger partial charge in [-0.25, -0.2) is 14.3 Å². The van der Waals surface area contributed by atoms with Gasteiger partial charge in [-0.2, -0.15) is 0 Å². The number of carbonyl (C=O) groups excluding carboxylic acids is 2. The van der Waals surface area contributed by atoms with Gasteiger partial charge < -0.3 is 9.64 Å². The summed E-state index contributed by atoms with van der Waals surface area (Å²) in [5, 5.41) is 2.84. The van der Waals surface area contributed by atoms with Crippen molar-refractivity contribution in [2.45, 2.75) is 51.8 Å². The second-order valence-corrected chi connectivity index (χ2v) is 9.26. The van der Waals surface area contributed by atoms with E-state index in [1.807, 2.05) is 25.7 Å². The Morgan fingerprint density at radius 1 is 1.26 bits per heavy atom. The van der Waals surface area contributed by atoms with E-state index in [0.717, 1.165) is 31.6 Å². The predicted molar refractivity (Wildman–Crippen MR) is 114 cm³/mol. The summed E-state index contributed by atoms with van der Waals surface area (Å²) in [6, 6.07) is 3.42. The summed E-state index contributed by atoms with van der Waals surface area (Å²) < 4.78 is 6.80. The first-order chi connectivity index (χ1) is 14.7. The average molecular weight is 431 g/mol. The van der Waals surface area contributed by atoms with E-state index in [2.05, 4.69) is 15.0 Å². The maximum atomic E-state index is 12.8. The zero-order chi connectivity index (χ0) is 22.2. The van der Waals surface area contributed by atoms with Crippen molar-refractivity contribution in [1.29, 1.82) is 0 Å². The molecule has 0 aliphatic carbocycles. The Kier molecular flexibility index (Phi) is 5.74. The number of ether oxygens (including phenoxy) is 1. The van der Waals surface area contributed by atoms with Crippen LogP contribution in [0.15, 0.2) is 23.1 Å². The van der Waals surface area contributed by atoms with Crippen LogP contribution in [0, 0.1) is 0 Å². The summed E-state index contributed by atoms with van der Waals surface area (Å²) in [4.78, 5) is 47.5. The first-order valence-electron chi connectivity index (χ1n) is 10.8. The predicted octanol–water partition coefficient (Wildman–Crippen LogP) is 1.07. The number of aromatic nitrogens is 3. The zero-order valence-corrected chi connectivity index (χ0v) is 18.3. The van der Waals surface area contributed by atoms with Crippen LogP contribution >= 0.6 is 0 Å². The van der Waals surface area contributed by atoms with Crippen LogP contribution in [0.1, 0.15) is 39.3 Å². The highest BCUT2D eigenvalue weighted by molar-refractivity contribution is 5.84. The SMILES string of the molecule is CC(C)(C)OC(=O)N1CCN(C2CCCN(Cc3cc(=O)n4[nH]ccc4n3)C2)C(=O)C1. The topological polar surface area (TPSA) is 103 Å². The fraction of sp³-hybridized carbons (Fsp3) is 0.619. The largest absolute Gasteiger partial charge is 0.444 e. The number of piperazine rings is 1. The van der Waals surface area contributed by atoms with Crippen molar-refractivity contribution in [3.05, 3.63) is 34.4 Å². The van der Waals surface area contributed by atoms with Gasteiger partial charge in [-0.15, -0.1) is 0 Å². The number of nitrogens with zero attached hydrogens (tertiary/aromatic N) is 5. The van der Waals surface area contributed by atoms with Crippen molar-refractivity contribution in [2.75, 3.05) is 32.7 Å². The standard InChI is InChI=1S/C21H30N6O4/c1-21(2,3)31-20(30)25-9-10-26(19(29)14-25)16-5-4-8-24(13-16)12-15-11-18(28)27-17(23-15)6-7-22-27/h6-7,11,16,22H,4-5,8-10,12-14H2,1-3H3. The number of nitrogens with one attached hydrogen (secondary N) is 1. The van der Waals surface area contributed by atoms with E-state index in [0.29, 0.717) is 25.3 Å². The number of hydrogen-bond donors (Lipinski definition) is 1. The summed E-state index contributed by atoms with van der Waals surface area (Å²) in [5.74, 6) is -0.0472. The highest BCUT2D eigenvalue weighted by atomic mass is 16.6. The fourth-order valence-electron chi connectivity index (χ4n) is 4.27. The molecule has 10 nitrogen and oxygen atoms in total. The number of piperidine rings is 1. The van der Waals surface area contributed by atoms with Gasteiger partial charge in [-0.3, -0.25) is 24.5 Å². The Morgan fingerprint density at radius 2 is 2.06 bits per heavy atom. The van der Waals surface area contributed by atoms with Crippen molar-refractivity contribution in [1.82, 2.24) is 29.3 Å². The molecule has 2 aromatic rings. The Morgan fingerprint density at radius 3 is 2.81 bits per heavy atom. The summed E-state index contributed by atoms with van der Waals surface area (Å²) in [5.41, 5.74) is 0.615. The lowest BCUT2D eigenvalue weighted by molar-refractivity contribution is -0.139. The Balaban J connectivity index is 1.37. The average Bonchev–Trinajstić information content (AvgIpc) is 3.16. The molecule has 0 radical (unpaired) electrons. The van der Waals surface area contributed by atoms with Gasteiger partial charge in [-0.1, -0.05) is 0 Å². The summed E-state index contributed by atoms with van der Waals surface area (Å²) >= 11 is 0. The number of H-pyrrole nitrogens is 1. The third-order valence-electron chi connectivity index (χ3n) is 5.65. The molecule has 2 aliphatic rings. The molecule has 4 rings (SSSR count). The molecule has 0 aromatic carbocycles. The van der Waals surface area contributed by atoms with Crippen LogP contribution in [-0.2, 0) is 16.1 Å². The van der Waals surface area contributed by atoms with Crippen LogP contribution in [0.5, 0.6) is 0 Å². The van der Waals surface area contributed by atoms with Crippen molar-refractivity contribution in [3.8, 4) is 0 Å². The van der Waals surface area contributed by atoms with Gasteiger partial charge >= 0.3 is 6.09 Å². The second kappa shape index (κ2) is 8.33. The number of rotatable bonds is 3. The number of aromatic amines is 1. The lowest BCUT2D eigenvalue weighted by Crippen LogP contribution is -2.59. The molecule has 0 bridgehead atoms. The maximum absolute atomic E-state index is 12.8. The minimum atomic E-state index is -0.582. The van der Waals surface area contributed by atoms with Crippen molar-refractivity contribution in [3.63, 3.8) is 0 Å². The minimum Gasteiger partial charge on any atom is -0.444 e. The van der Waals surface area contributed by atoms with Gasteiger partial charge in [0.1, 0.15) is 12.1 Å². The number of carbonyl (C=O) groups is 2. The molecule has 2 saturated heterocycles. The molecule has 2 amide bonds. The van der Waals surface area contributed by atoms with Gasteiger partial charge in [0, 0.05) is 50.6 Å². The molecular formula is C21H30N6O4. The van der Waals surface area contributed by atoms with E-state index in [-0.39, 0.29) is 24.1 Å². The van der Waals surface area contributed by atoms with Crippen molar-refractivity contribution in [2.24, 2.45) is 0 Å². The van der Waals surface area contributed by atoms with Crippen LogP contribution in [-0.4, -0.2) is 85.7 Å². The van der Waals surface area contributed by atoms with Gasteiger partial charge in [-0.05, 0) is 40.2 Å². The highest BCUT2D eigenvalue weighted by Crippen LogP contribution is 2.21. The number of hydrogen-bond acceptors (Lipinski definition) is 6. The summed E-state index contributed by atoms with van der Waals surface area (Å²) in [6.45, 7) is 8.67. The molecule has 2 aromatic heterocycles. The Bertz CT molecular complexity index is 1020. The van der Waals surface area contributed by atoms with Gasteiger partial charge in [0.25, 0.3) is 5.56 Å².